The molecule has 0 aromatic heterocycles. The van der Waals surface area contributed by atoms with E-state index in [2.05, 4.69) is 21.2 Å². The number of halogens is 4. The first kappa shape index (κ1) is 38.1. The summed E-state index contributed by atoms with van der Waals surface area (Å²) in [7, 11) is 0. The Labute approximate surface area is 306 Å². The standard InChI is InChI=1S/C39H46BrF3N6O2/c40-33-13-7-12-31(23-33)32(22-26-14-16-29(17-15-26)35(44)45)25-49(38(51)39(41,42)43)34(28-8-3-1-4-9-28)37(50)47-24-27-18-20-48(21-19-27)36(46)30-10-5-2-6-11-30/h2,5-7,10-17,23,27-28,32,34,46H,1,3-4,8-9,18-22,24-25H2,(H3,44,45)(H,47,50). The van der Waals surface area contributed by atoms with Gasteiger partial charge in [-0.15, -0.1) is 0 Å². The van der Waals surface area contributed by atoms with Gasteiger partial charge in [-0.3, -0.25) is 20.4 Å². The van der Waals surface area contributed by atoms with Crippen LogP contribution in [0.1, 0.15) is 73.1 Å². The highest BCUT2D eigenvalue weighted by Crippen LogP contribution is 2.35. The minimum atomic E-state index is -5.17. The summed E-state index contributed by atoms with van der Waals surface area (Å²) in [5.74, 6) is -3.07. The molecular formula is C39H46BrF3N6O2. The van der Waals surface area contributed by atoms with Gasteiger partial charge in [0, 0.05) is 47.7 Å². The Morgan fingerprint density at radius 1 is 0.902 bits per heavy atom. The van der Waals surface area contributed by atoms with Crippen molar-refractivity contribution in [2.24, 2.45) is 17.6 Å². The number of alkyl halides is 3. The van der Waals surface area contributed by atoms with Crippen LogP contribution < -0.4 is 11.1 Å². The van der Waals surface area contributed by atoms with E-state index in [-0.39, 0.29) is 18.3 Å². The Bertz CT molecular complexity index is 1660. The summed E-state index contributed by atoms with van der Waals surface area (Å²) >= 11 is 3.49. The molecule has 2 fully saturated rings. The van der Waals surface area contributed by atoms with Crippen LogP contribution in [0.25, 0.3) is 0 Å². The number of amidine groups is 2. The van der Waals surface area contributed by atoms with Crippen LogP contribution >= 0.6 is 15.9 Å². The third-order valence-electron chi connectivity index (χ3n) is 10.2. The fraction of sp³-hybridized carbons (Fsp3) is 0.436. The fourth-order valence-electron chi connectivity index (χ4n) is 7.43. The van der Waals surface area contributed by atoms with Crippen LogP contribution in [0.3, 0.4) is 0 Å². The van der Waals surface area contributed by atoms with Crippen molar-refractivity contribution in [1.29, 1.82) is 10.8 Å². The molecule has 1 saturated heterocycles. The van der Waals surface area contributed by atoms with Crippen LogP contribution in [0.2, 0.25) is 0 Å². The summed E-state index contributed by atoms with van der Waals surface area (Å²) < 4.78 is 44.2. The number of hydrogen-bond donors (Lipinski definition) is 4. The molecule has 2 atom stereocenters. The van der Waals surface area contributed by atoms with E-state index in [4.69, 9.17) is 16.6 Å². The Kier molecular flexibility index (Phi) is 12.9. The lowest BCUT2D eigenvalue weighted by Crippen LogP contribution is -2.58. The van der Waals surface area contributed by atoms with E-state index in [9.17, 15) is 22.8 Å². The normalized spacial score (nSPS) is 17.0. The summed E-state index contributed by atoms with van der Waals surface area (Å²) in [6.45, 7) is 1.26. The average Bonchev–Trinajstić information content (AvgIpc) is 3.13. The monoisotopic (exact) mass is 766 g/mol. The molecule has 0 spiro atoms. The molecule has 2 amide bonds. The predicted molar refractivity (Wildman–Crippen MR) is 197 cm³/mol. The van der Waals surface area contributed by atoms with Crippen LogP contribution in [-0.2, 0) is 16.0 Å². The van der Waals surface area contributed by atoms with E-state index in [1.807, 2.05) is 53.4 Å². The Morgan fingerprint density at radius 2 is 1.57 bits per heavy atom. The van der Waals surface area contributed by atoms with Crippen molar-refractivity contribution in [2.45, 2.75) is 69.5 Å². The van der Waals surface area contributed by atoms with Gasteiger partial charge in [0.2, 0.25) is 5.91 Å². The van der Waals surface area contributed by atoms with Gasteiger partial charge in [-0.25, -0.2) is 0 Å². The summed E-state index contributed by atoms with van der Waals surface area (Å²) in [6, 6.07) is 22.5. The number of nitrogen functional groups attached to an aromatic ring is 1. The quantitative estimate of drug-likeness (QED) is 0.114. The lowest BCUT2D eigenvalue weighted by Gasteiger charge is -2.40. The highest BCUT2D eigenvalue weighted by molar-refractivity contribution is 9.10. The second-order valence-electron chi connectivity index (χ2n) is 13.8. The fourth-order valence-corrected chi connectivity index (χ4v) is 7.84. The lowest BCUT2D eigenvalue weighted by atomic mass is 9.81. The van der Waals surface area contributed by atoms with E-state index in [0.29, 0.717) is 50.3 Å². The number of nitrogens with two attached hydrogens (primary N) is 1. The summed E-state index contributed by atoms with van der Waals surface area (Å²) in [5.41, 5.74) is 8.53. The van der Waals surface area contributed by atoms with Crippen LogP contribution in [0.15, 0.2) is 83.3 Å². The van der Waals surface area contributed by atoms with Gasteiger partial charge >= 0.3 is 12.1 Å². The Morgan fingerprint density at radius 3 is 2.18 bits per heavy atom. The largest absolute Gasteiger partial charge is 0.471 e. The Hall–Kier alpha value is -4.19. The number of hydrogen-bond acceptors (Lipinski definition) is 4. The molecule has 3 aromatic rings. The first-order chi connectivity index (χ1) is 24.4. The molecule has 1 saturated carbocycles. The number of nitrogens with one attached hydrogen (secondary N) is 3. The highest BCUT2D eigenvalue weighted by Gasteiger charge is 2.49. The van der Waals surface area contributed by atoms with Crippen molar-refractivity contribution in [3.05, 3.63) is 106 Å². The molecule has 1 heterocycles. The second-order valence-corrected chi connectivity index (χ2v) is 14.7. The maximum Gasteiger partial charge on any atom is 0.471 e. The van der Waals surface area contributed by atoms with Crippen molar-refractivity contribution < 1.29 is 22.8 Å². The van der Waals surface area contributed by atoms with Crippen molar-refractivity contribution in [2.75, 3.05) is 26.2 Å². The van der Waals surface area contributed by atoms with Gasteiger partial charge in [0.1, 0.15) is 17.7 Å². The molecular weight excluding hydrogens is 721 g/mol. The highest BCUT2D eigenvalue weighted by atomic mass is 79.9. The summed E-state index contributed by atoms with van der Waals surface area (Å²) in [6.07, 6.45) is 0.204. The van der Waals surface area contributed by atoms with E-state index < -0.39 is 35.9 Å². The molecule has 3 aromatic carbocycles. The zero-order valence-electron chi connectivity index (χ0n) is 28.6. The second kappa shape index (κ2) is 17.4. The van der Waals surface area contributed by atoms with Crippen LogP contribution in [0.5, 0.6) is 0 Å². The first-order valence-electron chi connectivity index (χ1n) is 17.6. The molecule has 2 aliphatic rings. The van der Waals surface area contributed by atoms with Gasteiger partial charge in [-0.05, 0) is 67.2 Å². The van der Waals surface area contributed by atoms with Crippen LogP contribution in [0, 0.1) is 22.7 Å². The lowest BCUT2D eigenvalue weighted by molar-refractivity contribution is -0.190. The zero-order chi connectivity index (χ0) is 36.5. The first-order valence-corrected chi connectivity index (χ1v) is 18.4. The van der Waals surface area contributed by atoms with E-state index in [1.165, 1.54) is 0 Å². The zero-order valence-corrected chi connectivity index (χ0v) is 30.2. The summed E-state index contributed by atoms with van der Waals surface area (Å²) in [5, 5.41) is 19.3. The van der Waals surface area contributed by atoms with Gasteiger partial charge in [-0.1, -0.05) is 102 Å². The van der Waals surface area contributed by atoms with Crippen LogP contribution in [-0.4, -0.2) is 71.7 Å². The number of nitrogens with zero attached hydrogens (tertiary/aromatic N) is 2. The van der Waals surface area contributed by atoms with Crippen molar-refractivity contribution in [3.63, 3.8) is 0 Å². The van der Waals surface area contributed by atoms with E-state index in [0.717, 1.165) is 58.2 Å². The number of piperidine rings is 1. The molecule has 1 aliphatic carbocycles. The predicted octanol–water partition coefficient (Wildman–Crippen LogP) is 7.25. The smallest absolute Gasteiger partial charge is 0.384 e. The molecule has 8 nitrogen and oxygen atoms in total. The number of carbonyl (C=O) groups excluding carboxylic acids is 2. The van der Waals surface area contributed by atoms with Gasteiger partial charge in [0.15, 0.2) is 0 Å². The van der Waals surface area contributed by atoms with Gasteiger partial charge in [0.25, 0.3) is 0 Å². The number of amides is 2. The molecule has 0 radical (unpaired) electrons. The van der Waals surface area contributed by atoms with Gasteiger partial charge in [-0.2, -0.15) is 13.2 Å². The average molecular weight is 768 g/mol. The molecule has 0 bridgehead atoms. The van der Waals surface area contributed by atoms with Crippen molar-refractivity contribution in [1.82, 2.24) is 15.1 Å². The molecule has 12 heteroatoms. The van der Waals surface area contributed by atoms with E-state index >= 15 is 0 Å². The topological polar surface area (TPSA) is 126 Å². The third-order valence-corrected chi connectivity index (χ3v) is 10.7. The number of benzene rings is 3. The molecule has 51 heavy (non-hydrogen) atoms. The molecule has 2 unspecified atom stereocenters. The van der Waals surface area contributed by atoms with Crippen LogP contribution in [0.4, 0.5) is 13.2 Å². The molecule has 5 N–H and O–H groups in total. The van der Waals surface area contributed by atoms with Crippen molar-refractivity contribution >= 4 is 39.4 Å². The number of carbonyl (C=O) groups is 2. The molecule has 5 rings (SSSR count). The number of likely N-dealkylation sites (tertiary alicyclic amines) is 1. The van der Waals surface area contributed by atoms with Gasteiger partial charge in [0.05, 0.1) is 0 Å². The SMILES string of the molecule is N=C(N)c1ccc(CC(CN(C(=O)C(F)(F)F)C(C(=O)NCC2CCN(C(=N)c3ccccc3)CC2)C2CCCCC2)c2cccc(Br)c2)cc1. The maximum absolute atomic E-state index is 14.5. The van der Waals surface area contributed by atoms with Crippen molar-refractivity contribution in [3.8, 4) is 0 Å². The maximum atomic E-state index is 14.5. The summed E-state index contributed by atoms with van der Waals surface area (Å²) in [4.78, 5) is 30.4. The minimum Gasteiger partial charge on any atom is -0.384 e. The third kappa shape index (κ3) is 10.2. The molecule has 1 aliphatic heterocycles. The van der Waals surface area contributed by atoms with Gasteiger partial charge < -0.3 is 20.9 Å². The van der Waals surface area contributed by atoms with E-state index in [1.54, 1.807) is 30.3 Å². The molecule has 272 valence electrons. The Balaban J connectivity index is 1.38. The number of rotatable bonds is 12. The minimum absolute atomic E-state index is 0.0921.